The zero-order valence-electron chi connectivity index (χ0n) is 12.9. The Balaban J connectivity index is 2.65. The molecule has 0 amide bonds. The van der Waals surface area contributed by atoms with E-state index in [1.54, 1.807) is 7.05 Å². The Kier molecular flexibility index (Phi) is 6.40. The van der Waals surface area contributed by atoms with Crippen molar-refractivity contribution in [3.05, 3.63) is 0 Å². The summed E-state index contributed by atoms with van der Waals surface area (Å²) in [6, 6.07) is 2.17. The van der Waals surface area contributed by atoms with Gasteiger partial charge in [0.15, 0.2) is 0 Å². The number of rotatable bonds is 6. The van der Waals surface area contributed by atoms with Gasteiger partial charge < -0.3 is 0 Å². The monoisotopic (exact) mass is 302 g/mol. The van der Waals surface area contributed by atoms with Gasteiger partial charge in [-0.3, -0.25) is 4.90 Å². The van der Waals surface area contributed by atoms with Crippen LogP contribution in [0.3, 0.4) is 0 Å². The van der Waals surface area contributed by atoms with Crippen molar-refractivity contribution >= 4 is 10.2 Å². The van der Waals surface area contributed by atoms with Crippen molar-refractivity contribution in [1.29, 1.82) is 5.26 Å². The van der Waals surface area contributed by atoms with Crippen molar-refractivity contribution in [1.82, 2.24) is 13.5 Å². The molecule has 6 nitrogen and oxygen atoms in total. The first kappa shape index (κ1) is 17.4. The molecule has 0 saturated carbocycles. The third-order valence-electron chi connectivity index (χ3n) is 3.84. The van der Waals surface area contributed by atoms with Crippen molar-refractivity contribution in [2.75, 3.05) is 33.2 Å². The summed E-state index contributed by atoms with van der Waals surface area (Å²) in [6.07, 6.45) is 1.81. The van der Waals surface area contributed by atoms with E-state index in [-0.39, 0.29) is 12.1 Å². The van der Waals surface area contributed by atoms with Gasteiger partial charge in [0.1, 0.15) is 0 Å². The minimum Gasteiger partial charge on any atom is -0.285 e. The molecule has 0 aliphatic carbocycles. The van der Waals surface area contributed by atoms with Gasteiger partial charge in [-0.2, -0.15) is 22.3 Å². The summed E-state index contributed by atoms with van der Waals surface area (Å²) >= 11 is 0. The molecule has 116 valence electrons. The summed E-state index contributed by atoms with van der Waals surface area (Å²) in [5.74, 6) is 0. The zero-order valence-corrected chi connectivity index (χ0v) is 13.7. The van der Waals surface area contributed by atoms with Crippen molar-refractivity contribution in [2.24, 2.45) is 0 Å². The summed E-state index contributed by atoms with van der Waals surface area (Å²) in [7, 11) is -1.76. The smallest absolute Gasteiger partial charge is 0.282 e. The van der Waals surface area contributed by atoms with E-state index in [4.69, 9.17) is 5.26 Å². The van der Waals surface area contributed by atoms with Crippen molar-refractivity contribution in [2.45, 2.75) is 45.7 Å². The summed E-state index contributed by atoms with van der Waals surface area (Å²) in [6.45, 7) is 7.96. The molecule has 1 aliphatic heterocycles. The average molecular weight is 302 g/mol. The molecule has 1 heterocycles. The van der Waals surface area contributed by atoms with E-state index < -0.39 is 10.2 Å². The highest BCUT2D eigenvalue weighted by Crippen LogP contribution is 2.16. The van der Waals surface area contributed by atoms with Gasteiger partial charge in [0, 0.05) is 39.3 Å². The summed E-state index contributed by atoms with van der Waals surface area (Å²) in [5.41, 5.74) is 0. The predicted octanol–water partition coefficient (Wildman–Crippen LogP) is 0.881. The molecule has 0 aromatic rings. The molecule has 1 rings (SSSR count). The van der Waals surface area contributed by atoms with E-state index in [9.17, 15) is 8.42 Å². The van der Waals surface area contributed by atoms with Gasteiger partial charge in [-0.15, -0.1) is 0 Å². The van der Waals surface area contributed by atoms with E-state index in [0.29, 0.717) is 26.2 Å². The Morgan fingerprint density at radius 2 is 1.80 bits per heavy atom. The lowest BCUT2D eigenvalue weighted by atomic mass is 10.1. The highest BCUT2D eigenvalue weighted by atomic mass is 32.2. The van der Waals surface area contributed by atoms with Crippen molar-refractivity contribution in [3.8, 4) is 6.07 Å². The maximum Gasteiger partial charge on any atom is 0.282 e. The molecule has 1 saturated heterocycles. The fourth-order valence-electron chi connectivity index (χ4n) is 2.30. The molecule has 0 bridgehead atoms. The van der Waals surface area contributed by atoms with Crippen LogP contribution in [0.5, 0.6) is 0 Å². The molecular formula is C13H26N4O2S. The van der Waals surface area contributed by atoms with Gasteiger partial charge in [0.2, 0.25) is 0 Å². The van der Waals surface area contributed by atoms with Gasteiger partial charge in [-0.05, 0) is 20.3 Å². The number of nitriles is 1. The molecule has 0 radical (unpaired) electrons. The second-order valence-electron chi connectivity index (χ2n) is 5.49. The average Bonchev–Trinajstić information content (AvgIpc) is 2.43. The molecule has 0 aromatic heterocycles. The molecule has 20 heavy (non-hydrogen) atoms. The topological polar surface area (TPSA) is 67.6 Å². The quantitative estimate of drug-likeness (QED) is 0.730. The van der Waals surface area contributed by atoms with Crippen molar-refractivity contribution in [3.63, 3.8) is 0 Å². The zero-order chi connectivity index (χ0) is 15.3. The SMILES string of the molecule is CCCC(C#N)N1CCN(S(=O)(=O)N(C)C(C)C)CC1. The van der Waals surface area contributed by atoms with Crippen LogP contribution in [0, 0.1) is 11.3 Å². The lowest BCUT2D eigenvalue weighted by Crippen LogP contribution is -2.55. The number of hydrogen-bond acceptors (Lipinski definition) is 4. The second-order valence-corrected chi connectivity index (χ2v) is 7.47. The highest BCUT2D eigenvalue weighted by Gasteiger charge is 2.33. The van der Waals surface area contributed by atoms with Crippen LogP contribution < -0.4 is 0 Å². The third-order valence-corrected chi connectivity index (χ3v) is 6.01. The second kappa shape index (κ2) is 7.36. The Morgan fingerprint density at radius 1 is 1.25 bits per heavy atom. The molecule has 7 heteroatoms. The largest absolute Gasteiger partial charge is 0.285 e. The van der Waals surface area contributed by atoms with Crippen LogP contribution in [-0.2, 0) is 10.2 Å². The first-order valence-electron chi connectivity index (χ1n) is 7.21. The molecule has 1 fully saturated rings. The first-order chi connectivity index (χ1) is 9.34. The molecule has 1 aliphatic rings. The van der Waals surface area contributed by atoms with Gasteiger partial charge in [-0.1, -0.05) is 13.3 Å². The Morgan fingerprint density at radius 3 is 2.20 bits per heavy atom. The normalized spacial score (nSPS) is 20.2. The lowest BCUT2D eigenvalue weighted by Gasteiger charge is -2.38. The van der Waals surface area contributed by atoms with Gasteiger partial charge in [0.25, 0.3) is 10.2 Å². The molecule has 0 spiro atoms. The Bertz CT molecular complexity index is 436. The lowest BCUT2D eigenvalue weighted by molar-refractivity contribution is 0.151. The van der Waals surface area contributed by atoms with E-state index in [2.05, 4.69) is 17.9 Å². The summed E-state index contributed by atoms with van der Waals surface area (Å²) in [4.78, 5) is 2.09. The molecule has 0 aromatic carbocycles. The fourth-order valence-corrected chi connectivity index (χ4v) is 3.82. The summed E-state index contributed by atoms with van der Waals surface area (Å²) < 4.78 is 27.7. The molecule has 1 atom stereocenters. The van der Waals surface area contributed by atoms with E-state index in [1.165, 1.54) is 8.61 Å². The Labute approximate surface area is 123 Å². The van der Waals surface area contributed by atoms with Crippen LogP contribution in [0.15, 0.2) is 0 Å². The highest BCUT2D eigenvalue weighted by molar-refractivity contribution is 7.86. The fraction of sp³-hybridized carbons (Fsp3) is 0.923. The van der Waals surface area contributed by atoms with Gasteiger partial charge in [-0.25, -0.2) is 0 Å². The number of hydrogen-bond donors (Lipinski definition) is 0. The van der Waals surface area contributed by atoms with Crippen LogP contribution in [-0.4, -0.2) is 67.2 Å². The van der Waals surface area contributed by atoms with Gasteiger partial charge in [0.05, 0.1) is 12.1 Å². The first-order valence-corrected chi connectivity index (χ1v) is 8.61. The number of piperazine rings is 1. The van der Waals surface area contributed by atoms with Crippen LogP contribution in [0.25, 0.3) is 0 Å². The van der Waals surface area contributed by atoms with Crippen LogP contribution in [0.4, 0.5) is 0 Å². The minimum absolute atomic E-state index is 0.0509. The summed E-state index contributed by atoms with van der Waals surface area (Å²) in [5, 5.41) is 9.16. The van der Waals surface area contributed by atoms with E-state index in [1.807, 2.05) is 13.8 Å². The van der Waals surface area contributed by atoms with Crippen LogP contribution in [0.1, 0.15) is 33.6 Å². The maximum absolute atomic E-state index is 12.4. The standard InChI is InChI=1S/C13H26N4O2S/c1-5-6-13(11-14)16-7-9-17(10-8-16)20(18,19)15(4)12(2)3/h12-13H,5-10H2,1-4H3. The maximum atomic E-state index is 12.4. The van der Waals surface area contributed by atoms with E-state index in [0.717, 1.165) is 12.8 Å². The molecule has 0 N–H and O–H groups in total. The molecular weight excluding hydrogens is 276 g/mol. The third kappa shape index (κ3) is 3.92. The van der Waals surface area contributed by atoms with E-state index >= 15 is 0 Å². The predicted molar refractivity (Wildman–Crippen MR) is 79.3 cm³/mol. The Hall–Kier alpha value is -0.680. The minimum atomic E-state index is -3.37. The van der Waals surface area contributed by atoms with Crippen LogP contribution in [0.2, 0.25) is 0 Å². The van der Waals surface area contributed by atoms with Crippen LogP contribution >= 0.6 is 0 Å². The van der Waals surface area contributed by atoms with Gasteiger partial charge >= 0.3 is 0 Å². The van der Waals surface area contributed by atoms with Crippen molar-refractivity contribution < 1.29 is 8.42 Å². The molecule has 1 unspecified atom stereocenters. The number of nitrogens with zero attached hydrogens (tertiary/aromatic N) is 4.